The van der Waals surface area contributed by atoms with Crippen molar-refractivity contribution < 1.29 is 8.42 Å². The smallest absolute Gasteiger partial charge is 0.245 e. The van der Waals surface area contributed by atoms with Crippen LogP contribution in [0.4, 0.5) is 5.82 Å². The van der Waals surface area contributed by atoms with Gasteiger partial charge >= 0.3 is 0 Å². The zero-order chi connectivity index (χ0) is 20.0. The van der Waals surface area contributed by atoms with E-state index in [9.17, 15) is 8.42 Å². The third-order valence-corrected chi connectivity index (χ3v) is 7.61. The summed E-state index contributed by atoms with van der Waals surface area (Å²) in [5.74, 6) is 1.65. The average Bonchev–Trinajstić information content (AvgIpc) is 3.27. The van der Waals surface area contributed by atoms with Crippen molar-refractivity contribution in [3.63, 3.8) is 0 Å². The fourth-order valence-electron chi connectivity index (χ4n) is 4.31. The Bertz CT molecular complexity index is 1180. The van der Waals surface area contributed by atoms with Crippen LogP contribution in [0, 0.1) is 6.92 Å². The minimum Gasteiger partial charge on any atom is -0.356 e. The van der Waals surface area contributed by atoms with E-state index in [-0.39, 0.29) is 4.90 Å². The summed E-state index contributed by atoms with van der Waals surface area (Å²) in [6, 6.07) is 9.01. The normalized spacial score (nSPS) is 17.6. The van der Waals surface area contributed by atoms with Crippen LogP contribution in [-0.2, 0) is 23.0 Å². The van der Waals surface area contributed by atoms with Gasteiger partial charge in [-0.05, 0) is 31.9 Å². The molecule has 7 nitrogen and oxygen atoms in total. The Morgan fingerprint density at radius 2 is 1.79 bits per heavy atom. The summed E-state index contributed by atoms with van der Waals surface area (Å²) in [6.07, 6.45) is 4.51. The van der Waals surface area contributed by atoms with Crippen LogP contribution in [0.25, 0.3) is 10.9 Å². The number of aromatic nitrogens is 3. The number of anilines is 1. The predicted octanol–water partition coefficient (Wildman–Crippen LogP) is 2.68. The molecule has 150 valence electrons. The van der Waals surface area contributed by atoms with E-state index < -0.39 is 10.0 Å². The van der Waals surface area contributed by atoms with E-state index in [1.165, 1.54) is 0 Å². The van der Waals surface area contributed by atoms with E-state index in [4.69, 9.17) is 0 Å². The highest BCUT2D eigenvalue weighted by molar-refractivity contribution is 7.89. The number of nitrogens with zero attached hydrogens (tertiary/aromatic N) is 5. The number of sulfonamides is 1. The fourth-order valence-corrected chi connectivity index (χ4v) is 5.89. The second-order valence-electron chi connectivity index (χ2n) is 7.63. The van der Waals surface area contributed by atoms with Crippen LogP contribution in [0.15, 0.2) is 41.4 Å². The molecule has 3 aromatic rings. The van der Waals surface area contributed by atoms with Crippen LogP contribution < -0.4 is 4.90 Å². The van der Waals surface area contributed by atoms with Crippen LogP contribution in [0.3, 0.4) is 0 Å². The Morgan fingerprint density at radius 1 is 1.00 bits per heavy atom. The highest BCUT2D eigenvalue weighted by Gasteiger charge is 2.33. The van der Waals surface area contributed by atoms with Gasteiger partial charge in [-0.2, -0.15) is 4.31 Å². The van der Waals surface area contributed by atoms with Crippen molar-refractivity contribution in [3.05, 3.63) is 53.6 Å². The topological polar surface area (TPSA) is 79.3 Å². The van der Waals surface area contributed by atoms with Crippen molar-refractivity contribution in [2.75, 3.05) is 24.5 Å². The molecule has 0 aliphatic carbocycles. The van der Waals surface area contributed by atoms with Gasteiger partial charge in [-0.3, -0.25) is 4.98 Å². The molecule has 0 N–H and O–H groups in total. The molecule has 1 aromatic carbocycles. The van der Waals surface area contributed by atoms with Crippen molar-refractivity contribution in [1.29, 1.82) is 0 Å². The summed E-state index contributed by atoms with van der Waals surface area (Å²) >= 11 is 0. The number of hydrogen-bond acceptors (Lipinski definition) is 6. The molecular formula is C21H23N5O2S. The Hall–Kier alpha value is -2.58. The van der Waals surface area contributed by atoms with Crippen LogP contribution in [-0.4, -0.2) is 47.3 Å². The van der Waals surface area contributed by atoms with Gasteiger partial charge in [-0.1, -0.05) is 18.2 Å². The standard InChI is InChI=1S/C21H23N5O2S/c1-15-23-18-9-13-26(14-17(18)21(24-15)25-11-2-3-12-25)29(27,28)19-8-4-6-16-7-5-10-22-20(16)19/h4-8,10H,2-3,9,11-14H2,1H3. The quantitative estimate of drug-likeness (QED) is 0.662. The molecule has 2 aromatic heterocycles. The number of pyridine rings is 1. The van der Waals surface area contributed by atoms with Crippen molar-refractivity contribution >= 4 is 26.7 Å². The van der Waals surface area contributed by atoms with Crippen LogP contribution in [0.5, 0.6) is 0 Å². The number of hydrogen-bond donors (Lipinski definition) is 0. The Morgan fingerprint density at radius 3 is 2.62 bits per heavy atom. The number of rotatable bonds is 3. The van der Waals surface area contributed by atoms with Gasteiger partial charge in [0.15, 0.2) is 0 Å². The van der Waals surface area contributed by atoms with Gasteiger partial charge in [-0.15, -0.1) is 0 Å². The zero-order valence-corrected chi connectivity index (χ0v) is 17.2. The van der Waals surface area contributed by atoms with Crippen molar-refractivity contribution in [1.82, 2.24) is 19.3 Å². The molecule has 5 rings (SSSR count). The molecule has 0 unspecified atom stereocenters. The number of fused-ring (bicyclic) bond motifs is 2. The molecule has 1 saturated heterocycles. The second-order valence-corrected chi connectivity index (χ2v) is 9.54. The molecule has 2 aliphatic rings. The first-order valence-electron chi connectivity index (χ1n) is 9.99. The lowest BCUT2D eigenvalue weighted by Gasteiger charge is -2.31. The molecule has 2 aliphatic heterocycles. The molecule has 0 spiro atoms. The highest BCUT2D eigenvalue weighted by Crippen LogP contribution is 2.32. The summed E-state index contributed by atoms with van der Waals surface area (Å²) in [6.45, 7) is 4.54. The first-order valence-corrected chi connectivity index (χ1v) is 11.4. The largest absolute Gasteiger partial charge is 0.356 e. The second kappa shape index (κ2) is 7.03. The van der Waals surface area contributed by atoms with Crippen molar-refractivity contribution in [2.45, 2.75) is 37.6 Å². The molecule has 29 heavy (non-hydrogen) atoms. The third kappa shape index (κ3) is 3.16. The molecule has 0 saturated carbocycles. The minimum atomic E-state index is -3.68. The van der Waals surface area contributed by atoms with Crippen molar-refractivity contribution in [2.24, 2.45) is 0 Å². The van der Waals surface area contributed by atoms with Gasteiger partial charge < -0.3 is 4.90 Å². The molecule has 0 radical (unpaired) electrons. The maximum atomic E-state index is 13.5. The summed E-state index contributed by atoms with van der Waals surface area (Å²) in [7, 11) is -3.68. The summed E-state index contributed by atoms with van der Waals surface area (Å²) < 4.78 is 28.6. The van der Waals surface area contributed by atoms with E-state index in [1.807, 2.05) is 25.1 Å². The Labute approximate surface area is 170 Å². The van der Waals surface area contributed by atoms with Gasteiger partial charge in [0.05, 0.1) is 11.2 Å². The predicted molar refractivity (Wildman–Crippen MR) is 111 cm³/mol. The lowest BCUT2D eigenvalue weighted by molar-refractivity contribution is 0.387. The van der Waals surface area contributed by atoms with Gasteiger partial charge in [0.25, 0.3) is 0 Å². The van der Waals surface area contributed by atoms with E-state index in [1.54, 1.807) is 22.6 Å². The Kier molecular flexibility index (Phi) is 4.48. The van der Waals surface area contributed by atoms with Gasteiger partial charge in [-0.25, -0.2) is 18.4 Å². The summed E-state index contributed by atoms with van der Waals surface area (Å²) in [5, 5.41) is 0.822. The van der Waals surface area contributed by atoms with Gasteiger partial charge in [0, 0.05) is 49.7 Å². The first kappa shape index (κ1) is 18.4. The maximum Gasteiger partial charge on any atom is 0.245 e. The third-order valence-electron chi connectivity index (χ3n) is 5.73. The van der Waals surface area contributed by atoms with Crippen LogP contribution in [0.2, 0.25) is 0 Å². The number of para-hydroxylation sites is 1. The molecule has 8 heteroatoms. The lowest BCUT2D eigenvalue weighted by Crippen LogP contribution is -2.38. The Balaban J connectivity index is 1.56. The number of benzene rings is 1. The van der Waals surface area contributed by atoms with Gasteiger partial charge in [0.2, 0.25) is 10.0 Å². The monoisotopic (exact) mass is 409 g/mol. The van der Waals surface area contributed by atoms with E-state index in [0.29, 0.717) is 25.0 Å². The molecule has 4 heterocycles. The van der Waals surface area contributed by atoms with Gasteiger partial charge in [0.1, 0.15) is 16.5 Å². The zero-order valence-electron chi connectivity index (χ0n) is 16.4. The molecule has 0 amide bonds. The highest BCUT2D eigenvalue weighted by atomic mass is 32.2. The van der Waals surface area contributed by atoms with Crippen LogP contribution in [0.1, 0.15) is 29.9 Å². The molecular weight excluding hydrogens is 386 g/mol. The van der Waals surface area contributed by atoms with E-state index >= 15 is 0 Å². The lowest BCUT2D eigenvalue weighted by atomic mass is 10.1. The average molecular weight is 410 g/mol. The first-order chi connectivity index (χ1) is 14.0. The molecule has 0 atom stereocenters. The summed E-state index contributed by atoms with van der Waals surface area (Å²) in [5.41, 5.74) is 2.43. The molecule has 0 bridgehead atoms. The molecule has 1 fully saturated rings. The maximum absolute atomic E-state index is 13.5. The number of aryl methyl sites for hydroxylation is 1. The van der Waals surface area contributed by atoms with Crippen molar-refractivity contribution in [3.8, 4) is 0 Å². The minimum absolute atomic E-state index is 0.259. The van der Waals surface area contributed by atoms with Crippen LogP contribution >= 0.6 is 0 Å². The van der Waals surface area contributed by atoms with E-state index in [0.717, 1.165) is 54.2 Å². The fraction of sp³-hybridized carbons (Fsp3) is 0.381. The SMILES string of the molecule is Cc1nc2c(c(N3CCCC3)n1)CN(S(=O)(=O)c1cccc3cccnc13)CC2. The van der Waals surface area contributed by atoms with E-state index in [2.05, 4.69) is 19.9 Å². The summed E-state index contributed by atoms with van der Waals surface area (Å²) in [4.78, 5) is 16.2.